The van der Waals surface area contributed by atoms with E-state index in [4.69, 9.17) is 5.26 Å². The molecule has 1 rings (SSSR count). The number of rotatable bonds is 1. The minimum absolute atomic E-state index is 0.685. The van der Waals surface area contributed by atoms with Crippen LogP contribution in [0.25, 0.3) is 0 Å². The minimum Gasteiger partial charge on any atom is -0.263 e. The maximum absolute atomic E-state index is 8.65. The largest absolute Gasteiger partial charge is 0.263 e. The molecule has 0 unspecified atom stereocenters. The highest BCUT2D eigenvalue weighted by molar-refractivity contribution is 5.38. The van der Waals surface area contributed by atoms with Crippen molar-refractivity contribution in [2.24, 2.45) is 0 Å². The molecule has 2 nitrogen and oxygen atoms in total. The van der Waals surface area contributed by atoms with Crippen molar-refractivity contribution in [3.05, 3.63) is 41.2 Å². The second kappa shape index (κ2) is 12.4. The Balaban J connectivity index is 0. The summed E-state index contributed by atoms with van der Waals surface area (Å²) in [6, 6.07) is 2.11. The molecule has 1 aromatic heterocycles. The topological polar surface area (TPSA) is 36.7 Å². The molecule has 2 heteroatoms. The summed E-state index contributed by atoms with van der Waals surface area (Å²) in [5, 5.41) is 8.65. The molecule has 1 heterocycles. The van der Waals surface area contributed by atoms with Crippen molar-refractivity contribution in [3.63, 3.8) is 0 Å². The predicted octanol–water partition coefficient (Wildman–Crippen LogP) is 4.43. The number of hydrogen-bond acceptors (Lipinski definition) is 2. The van der Waals surface area contributed by atoms with Gasteiger partial charge >= 0.3 is 0 Å². The van der Waals surface area contributed by atoms with E-state index in [2.05, 4.69) is 18.0 Å². The van der Waals surface area contributed by atoms with Crippen LogP contribution in [-0.2, 0) is 6.42 Å². The molecule has 0 saturated heterocycles. The third kappa shape index (κ3) is 7.30. The normalized spacial score (nSPS) is 8.53. The van der Waals surface area contributed by atoms with Gasteiger partial charge in [-0.3, -0.25) is 4.98 Å². The fourth-order valence-electron chi connectivity index (χ4n) is 1.04. The lowest BCUT2D eigenvalue weighted by atomic mass is 10.1. The molecule has 0 N–H and O–H groups in total. The van der Waals surface area contributed by atoms with Gasteiger partial charge in [0.05, 0.1) is 5.56 Å². The van der Waals surface area contributed by atoms with E-state index in [-0.39, 0.29) is 0 Å². The molecule has 0 aromatic carbocycles. The Morgan fingerprint density at radius 1 is 1.24 bits per heavy atom. The Hall–Kier alpha value is -1.62. The van der Waals surface area contributed by atoms with Crippen LogP contribution >= 0.6 is 0 Å². The van der Waals surface area contributed by atoms with Crippen molar-refractivity contribution >= 4 is 0 Å². The summed E-state index contributed by atoms with van der Waals surface area (Å²) in [5.74, 6) is 0. The SMILES string of the molecule is C/C=C\C.CC.CCc1cncc(C#N)c1C. The molecule has 0 aliphatic rings. The Morgan fingerprint density at radius 2 is 1.76 bits per heavy atom. The number of nitriles is 1. The summed E-state index contributed by atoms with van der Waals surface area (Å²) >= 11 is 0. The van der Waals surface area contributed by atoms with E-state index in [1.807, 2.05) is 53.0 Å². The van der Waals surface area contributed by atoms with Gasteiger partial charge in [-0.15, -0.1) is 0 Å². The molecule has 0 atom stereocenters. The number of aromatic nitrogens is 1. The first-order chi connectivity index (χ1) is 8.21. The quantitative estimate of drug-likeness (QED) is 0.671. The molecule has 0 fully saturated rings. The lowest BCUT2D eigenvalue weighted by Crippen LogP contribution is -1.91. The van der Waals surface area contributed by atoms with Gasteiger partial charge in [-0.1, -0.05) is 32.9 Å². The molecule has 0 saturated carbocycles. The molecule has 0 amide bonds. The molecule has 94 valence electrons. The van der Waals surface area contributed by atoms with Crippen molar-refractivity contribution in [1.29, 1.82) is 5.26 Å². The standard InChI is InChI=1S/C9H10N2.C4H8.C2H6/c1-3-8-5-11-6-9(4-10)7(8)2;1-3-4-2;1-2/h5-6H,3H2,1-2H3;3-4H,1-2H3;1-2H3/b;4-3-;. The molecule has 1 aromatic rings. The summed E-state index contributed by atoms with van der Waals surface area (Å²) in [4.78, 5) is 3.96. The van der Waals surface area contributed by atoms with E-state index >= 15 is 0 Å². The van der Waals surface area contributed by atoms with Crippen molar-refractivity contribution < 1.29 is 0 Å². The third-order valence-corrected chi connectivity index (χ3v) is 2.15. The van der Waals surface area contributed by atoms with Crippen molar-refractivity contribution in [2.45, 2.75) is 48.0 Å². The zero-order valence-electron chi connectivity index (χ0n) is 11.9. The zero-order valence-corrected chi connectivity index (χ0v) is 11.9. The second-order valence-electron chi connectivity index (χ2n) is 3.10. The van der Waals surface area contributed by atoms with E-state index in [1.165, 1.54) is 0 Å². The van der Waals surface area contributed by atoms with Crippen LogP contribution in [-0.4, -0.2) is 4.98 Å². The van der Waals surface area contributed by atoms with Crippen LogP contribution in [0.4, 0.5) is 0 Å². The number of aryl methyl sites for hydroxylation is 1. The predicted molar refractivity (Wildman–Crippen MR) is 74.9 cm³/mol. The fourth-order valence-corrected chi connectivity index (χ4v) is 1.04. The molecular formula is C15H24N2. The number of allylic oxidation sites excluding steroid dienone is 2. The zero-order chi connectivity index (χ0) is 13.7. The van der Waals surface area contributed by atoms with E-state index in [0.717, 1.165) is 17.5 Å². The summed E-state index contributed by atoms with van der Waals surface area (Å²) in [6.45, 7) is 12.0. The Labute approximate surface area is 106 Å². The van der Waals surface area contributed by atoms with E-state index in [0.29, 0.717) is 5.56 Å². The smallest absolute Gasteiger partial charge is 0.101 e. The highest BCUT2D eigenvalue weighted by Crippen LogP contribution is 2.10. The molecule has 0 spiro atoms. The number of hydrogen-bond donors (Lipinski definition) is 0. The molecule has 17 heavy (non-hydrogen) atoms. The molecule has 0 radical (unpaired) electrons. The van der Waals surface area contributed by atoms with E-state index in [9.17, 15) is 0 Å². The van der Waals surface area contributed by atoms with Gasteiger partial charge in [0.15, 0.2) is 0 Å². The lowest BCUT2D eigenvalue weighted by Gasteiger charge is -2.01. The second-order valence-corrected chi connectivity index (χ2v) is 3.10. The van der Waals surface area contributed by atoms with Crippen LogP contribution in [0.5, 0.6) is 0 Å². The highest BCUT2D eigenvalue weighted by atomic mass is 14.6. The van der Waals surface area contributed by atoms with Crippen molar-refractivity contribution in [1.82, 2.24) is 4.98 Å². The summed E-state index contributed by atoms with van der Waals surface area (Å²) in [7, 11) is 0. The van der Waals surface area contributed by atoms with Gasteiger partial charge in [0, 0.05) is 12.4 Å². The first kappa shape index (κ1) is 17.8. The van der Waals surface area contributed by atoms with Crippen LogP contribution in [0.15, 0.2) is 24.5 Å². The highest BCUT2D eigenvalue weighted by Gasteiger charge is 2.00. The third-order valence-electron chi connectivity index (χ3n) is 2.15. The first-order valence-corrected chi connectivity index (χ1v) is 6.12. The van der Waals surface area contributed by atoms with Gasteiger partial charge < -0.3 is 0 Å². The van der Waals surface area contributed by atoms with Gasteiger partial charge in [0.2, 0.25) is 0 Å². The molecule has 0 aliphatic carbocycles. The van der Waals surface area contributed by atoms with Crippen molar-refractivity contribution in [3.8, 4) is 6.07 Å². The van der Waals surface area contributed by atoms with Crippen LogP contribution in [0.1, 0.15) is 51.3 Å². The van der Waals surface area contributed by atoms with Crippen LogP contribution in [0.3, 0.4) is 0 Å². The van der Waals surface area contributed by atoms with Gasteiger partial charge in [0.1, 0.15) is 6.07 Å². The van der Waals surface area contributed by atoms with Crippen LogP contribution < -0.4 is 0 Å². The molecule has 0 bridgehead atoms. The summed E-state index contributed by atoms with van der Waals surface area (Å²) < 4.78 is 0. The lowest BCUT2D eigenvalue weighted by molar-refractivity contribution is 1.06. The first-order valence-electron chi connectivity index (χ1n) is 6.12. The Bertz CT molecular complexity index is 356. The van der Waals surface area contributed by atoms with Gasteiger partial charge in [-0.05, 0) is 38.3 Å². The van der Waals surface area contributed by atoms with Crippen molar-refractivity contribution in [2.75, 3.05) is 0 Å². The minimum atomic E-state index is 0.685. The van der Waals surface area contributed by atoms with Crippen LogP contribution in [0, 0.1) is 18.3 Å². The summed E-state index contributed by atoms with van der Waals surface area (Å²) in [6.07, 6.45) is 8.36. The average molecular weight is 232 g/mol. The van der Waals surface area contributed by atoms with Gasteiger partial charge in [-0.25, -0.2) is 0 Å². The Morgan fingerprint density at radius 3 is 2.12 bits per heavy atom. The fraction of sp³-hybridized carbons (Fsp3) is 0.467. The monoisotopic (exact) mass is 232 g/mol. The summed E-state index contributed by atoms with van der Waals surface area (Å²) in [5.41, 5.74) is 2.90. The average Bonchev–Trinajstić information content (AvgIpc) is 2.41. The molecular weight excluding hydrogens is 208 g/mol. The maximum Gasteiger partial charge on any atom is 0.101 e. The van der Waals surface area contributed by atoms with Crippen LogP contribution in [0.2, 0.25) is 0 Å². The number of pyridine rings is 1. The maximum atomic E-state index is 8.65. The van der Waals surface area contributed by atoms with Gasteiger partial charge in [-0.2, -0.15) is 5.26 Å². The van der Waals surface area contributed by atoms with E-state index in [1.54, 1.807) is 6.20 Å². The Kier molecular flexibility index (Phi) is 13.0. The molecule has 0 aliphatic heterocycles. The number of nitrogens with zero attached hydrogens (tertiary/aromatic N) is 2. The van der Waals surface area contributed by atoms with E-state index < -0.39 is 0 Å². The van der Waals surface area contributed by atoms with Gasteiger partial charge in [0.25, 0.3) is 0 Å².